The molecule has 0 aromatic heterocycles. The van der Waals surface area contributed by atoms with Crippen molar-refractivity contribution in [1.29, 1.82) is 0 Å². The van der Waals surface area contributed by atoms with E-state index >= 15 is 0 Å². The molecule has 1 N–H and O–H groups in total. The molecule has 8 heteroatoms. The third kappa shape index (κ3) is 4.87. The highest BCUT2D eigenvalue weighted by molar-refractivity contribution is 6.06. The van der Waals surface area contributed by atoms with E-state index in [-0.39, 0.29) is 11.3 Å². The van der Waals surface area contributed by atoms with Crippen LogP contribution in [0.25, 0.3) is 0 Å². The van der Waals surface area contributed by atoms with Gasteiger partial charge in [0.15, 0.2) is 0 Å². The molecule has 0 radical (unpaired) electrons. The molecule has 0 unspecified atom stereocenters. The summed E-state index contributed by atoms with van der Waals surface area (Å²) in [6.45, 7) is 5.38. The van der Waals surface area contributed by atoms with E-state index in [1.165, 1.54) is 24.3 Å². The van der Waals surface area contributed by atoms with Crippen molar-refractivity contribution < 1.29 is 19.3 Å². The van der Waals surface area contributed by atoms with Gasteiger partial charge in [0.1, 0.15) is 0 Å². The van der Waals surface area contributed by atoms with Gasteiger partial charge in [-0.15, -0.1) is 0 Å². The van der Waals surface area contributed by atoms with Crippen molar-refractivity contribution in [3.05, 3.63) is 64.2 Å². The van der Waals surface area contributed by atoms with E-state index in [1.54, 1.807) is 45.0 Å². The quantitative estimate of drug-likeness (QED) is 0.484. The lowest BCUT2D eigenvalue weighted by Crippen LogP contribution is -2.33. The Bertz CT molecular complexity index is 812. The fourth-order valence-electron chi connectivity index (χ4n) is 2.12. The minimum Gasteiger partial charge on any atom is -0.320 e. The largest absolute Gasteiger partial charge is 0.320 e. The molecule has 0 aliphatic carbocycles. The van der Waals surface area contributed by atoms with Gasteiger partial charge >= 0.3 is 0 Å². The third-order valence-corrected chi connectivity index (χ3v) is 3.20. The zero-order valence-corrected chi connectivity index (χ0v) is 14.6. The predicted molar refractivity (Wildman–Crippen MR) is 96.9 cm³/mol. The number of rotatable bonds is 6. The fraction of sp³-hybridized carbons (Fsp3) is 0.222. The first-order chi connectivity index (χ1) is 12.2. The van der Waals surface area contributed by atoms with Crippen LogP contribution in [-0.4, -0.2) is 22.8 Å². The summed E-state index contributed by atoms with van der Waals surface area (Å²) in [7, 11) is 0. The summed E-state index contributed by atoms with van der Waals surface area (Å²) in [5.74, 6) is -0.464. The number of hydrogen-bond donors (Lipinski definition) is 1. The number of nitrogens with one attached hydrogen (secondary N) is 1. The molecule has 8 nitrogen and oxygen atoms in total. The number of carbonyl (C=O) groups is 2. The summed E-state index contributed by atoms with van der Waals surface area (Å²) in [6.07, 6.45) is 0.516. The van der Waals surface area contributed by atoms with E-state index < -0.39 is 16.4 Å². The van der Waals surface area contributed by atoms with Crippen LogP contribution in [0, 0.1) is 10.1 Å². The number of nitro benzene ring substituents is 1. The molecule has 0 saturated carbocycles. The van der Waals surface area contributed by atoms with Gasteiger partial charge in [0.2, 0.25) is 6.41 Å². The molecular weight excluding hydrogens is 338 g/mol. The maximum absolute atomic E-state index is 12.4. The lowest BCUT2D eigenvalue weighted by Gasteiger charge is -2.28. The zero-order valence-electron chi connectivity index (χ0n) is 14.6. The average molecular weight is 357 g/mol. The Morgan fingerprint density at radius 2 is 1.77 bits per heavy atom. The standard InChI is InChI=1S/C18H19N3O5/c1-18(2,3)26-20(12-22)16-7-5-4-6-15(16)19-17(23)13-8-10-14(11-9-13)21(24)25/h4-12H,1-3H3,(H,19,23). The lowest BCUT2D eigenvalue weighted by molar-refractivity contribution is -0.384. The molecule has 0 fully saturated rings. The number of nitrogens with zero attached hydrogens (tertiary/aromatic N) is 2. The van der Waals surface area contributed by atoms with E-state index in [0.717, 1.165) is 5.06 Å². The first-order valence-corrected chi connectivity index (χ1v) is 7.80. The first kappa shape index (κ1) is 19.1. The van der Waals surface area contributed by atoms with Crippen LogP contribution in [0.3, 0.4) is 0 Å². The predicted octanol–water partition coefficient (Wildman–Crippen LogP) is 3.54. The summed E-state index contributed by atoms with van der Waals surface area (Å²) in [5.41, 5.74) is 0.267. The number of amides is 2. The summed E-state index contributed by atoms with van der Waals surface area (Å²) in [5, 5.41) is 14.4. The van der Waals surface area contributed by atoms with Crippen molar-refractivity contribution >= 4 is 29.4 Å². The van der Waals surface area contributed by atoms with Gasteiger partial charge in [-0.2, -0.15) is 5.06 Å². The van der Waals surface area contributed by atoms with E-state index in [4.69, 9.17) is 4.84 Å². The van der Waals surface area contributed by atoms with Gasteiger partial charge < -0.3 is 5.32 Å². The highest BCUT2D eigenvalue weighted by atomic mass is 16.7. The van der Waals surface area contributed by atoms with E-state index in [9.17, 15) is 19.7 Å². The smallest absolute Gasteiger partial charge is 0.269 e. The molecule has 0 aliphatic rings. The lowest BCUT2D eigenvalue weighted by atomic mass is 10.2. The number of hydrogen-bond acceptors (Lipinski definition) is 5. The van der Waals surface area contributed by atoms with Crippen LogP contribution in [-0.2, 0) is 9.63 Å². The van der Waals surface area contributed by atoms with Crippen molar-refractivity contribution in [3.63, 3.8) is 0 Å². The molecule has 0 heterocycles. The van der Waals surface area contributed by atoms with Gasteiger partial charge in [-0.1, -0.05) is 12.1 Å². The Hall–Kier alpha value is -3.26. The Morgan fingerprint density at radius 1 is 1.15 bits per heavy atom. The molecule has 2 aromatic carbocycles. The van der Waals surface area contributed by atoms with Crippen molar-refractivity contribution in [1.82, 2.24) is 0 Å². The minimum absolute atomic E-state index is 0.104. The van der Waals surface area contributed by atoms with Gasteiger partial charge in [0, 0.05) is 17.7 Å². The number of anilines is 2. The number of nitro groups is 1. The SMILES string of the molecule is CC(C)(C)ON(C=O)c1ccccc1NC(=O)c1ccc([N+](=O)[O-])cc1. The minimum atomic E-state index is -0.615. The highest BCUT2D eigenvalue weighted by Gasteiger charge is 2.20. The maximum Gasteiger partial charge on any atom is 0.269 e. The van der Waals surface area contributed by atoms with Gasteiger partial charge in [-0.3, -0.25) is 24.5 Å². The van der Waals surface area contributed by atoms with Gasteiger partial charge in [0.05, 0.1) is 21.9 Å². The number of hydroxylamine groups is 1. The summed E-state index contributed by atoms with van der Waals surface area (Å²) >= 11 is 0. The summed E-state index contributed by atoms with van der Waals surface area (Å²) < 4.78 is 0. The fourth-order valence-corrected chi connectivity index (χ4v) is 2.12. The van der Waals surface area contributed by atoms with Crippen LogP contribution in [0.5, 0.6) is 0 Å². The summed E-state index contributed by atoms with van der Waals surface area (Å²) in [6, 6.07) is 11.9. The second-order valence-corrected chi connectivity index (χ2v) is 6.41. The van der Waals surface area contributed by atoms with Crippen molar-refractivity contribution in [2.45, 2.75) is 26.4 Å². The zero-order chi connectivity index (χ0) is 19.3. The van der Waals surface area contributed by atoms with Crippen molar-refractivity contribution in [2.24, 2.45) is 0 Å². The van der Waals surface area contributed by atoms with E-state index in [0.29, 0.717) is 17.8 Å². The van der Waals surface area contributed by atoms with Crippen LogP contribution < -0.4 is 10.4 Å². The van der Waals surface area contributed by atoms with Crippen molar-refractivity contribution in [3.8, 4) is 0 Å². The summed E-state index contributed by atoms with van der Waals surface area (Å²) in [4.78, 5) is 39.6. The molecule has 2 rings (SSSR count). The molecular formula is C18H19N3O5. The number of non-ortho nitro benzene ring substituents is 1. The van der Waals surface area contributed by atoms with Gasteiger partial charge in [0.25, 0.3) is 11.6 Å². The molecule has 0 bridgehead atoms. The molecule has 0 saturated heterocycles. The van der Waals surface area contributed by atoms with E-state index in [2.05, 4.69) is 5.32 Å². The van der Waals surface area contributed by atoms with Crippen LogP contribution in [0.2, 0.25) is 0 Å². The molecule has 0 atom stereocenters. The Kier molecular flexibility index (Phi) is 5.68. The van der Waals surface area contributed by atoms with Crippen LogP contribution in [0.15, 0.2) is 48.5 Å². The molecule has 136 valence electrons. The Morgan fingerprint density at radius 3 is 2.31 bits per heavy atom. The van der Waals surface area contributed by atoms with Gasteiger partial charge in [-0.25, -0.2) is 0 Å². The molecule has 0 spiro atoms. The van der Waals surface area contributed by atoms with Crippen LogP contribution in [0.1, 0.15) is 31.1 Å². The highest BCUT2D eigenvalue weighted by Crippen LogP contribution is 2.27. The normalized spacial score (nSPS) is 10.9. The number of para-hydroxylation sites is 2. The first-order valence-electron chi connectivity index (χ1n) is 7.80. The maximum atomic E-state index is 12.4. The van der Waals surface area contributed by atoms with Gasteiger partial charge in [-0.05, 0) is 45.0 Å². The second kappa shape index (κ2) is 7.75. The number of carbonyl (C=O) groups excluding carboxylic acids is 2. The monoisotopic (exact) mass is 357 g/mol. The molecule has 2 amide bonds. The average Bonchev–Trinajstić information content (AvgIpc) is 2.59. The Labute approximate surface area is 150 Å². The van der Waals surface area contributed by atoms with Crippen molar-refractivity contribution in [2.75, 3.05) is 10.4 Å². The molecule has 0 aliphatic heterocycles. The third-order valence-electron chi connectivity index (χ3n) is 3.20. The van der Waals surface area contributed by atoms with Crippen LogP contribution >= 0.6 is 0 Å². The topological polar surface area (TPSA) is 102 Å². The molecule has 2 aromatic rings. The number of benzene rings is 2. The van der Waals surface area contributed by atoms with E-state index in [1.807, 2.05) is 0 Å². The van der Waals surface area contributed by atoms with Crippen LogP contribution in [0.4, 0.5) is 17.1 Å². The second-order valence-electron chi connectivity index (χ2n) is 6.41. The molecule has 26 heavy (non-hydrogen) atoms. The Balaban J connectivity index is 2.25.